The van der Waals surface area contributed by atoms with Crippen LogP contribution in [0.5, 0.6) is 0 Å². The van der Waals surface area contributed by atoms with Crippen molar-refractivity contribution in [3.05, 3.63) is 29.8 Å². The molecular formula is C24H33N3O10S. The van der Waals surface area contributed by atoms with Crippen LogP contribution in [0.1, 0.15) is 44.6 Å². The summed E-state index contributed by atoms with van der Waals surface area (Å²) in [7, 11) is 0. The molecule has 0 heterocycles. The zero-order valence-corrected chi connectivity index (χ0v) is 22.0. The molecule has 210 valence electrons. The van der Waals surface area contributed by atoms with Crippen molar-refractivity contribution in [3.63, 3.8) is 0 Å². The van der Waals surface area contributed by atoms with E-state index in [2.05, 4.69) is 0 Å². The van der Waals surface area contributed by atoms with Crippen molar-refractivity contribution in [2.24, 2.45) is 0 Å². The van der Waals surface area contributed by atoms with Crippen molar-refractivity contribution in [3.8, 4) is 5.40 Å². The number of thiocyanates is 1. The average molecular weight is 556 g/mol. The van der Waals surface area contributed by atoms with Crippen LogP contribution in [-0.2, 0) is 24.0 Å². The molecule has 0 amide bonds. The molecule has 1 rings (SSSR count). The summed E-state index contributed by atoms with van der Waals surface area (Å²) in [6.45, 7) is 2.03. The fraction of sp³-hybridized carbons (Fsp3) is 0.500. The van der Waals surface area contributed by atoms with Crippen molar-refractivity contribution in [2.75, 3.05) is 32.7 Å². The molecule has 5 N–H and O–H groups in total. The number of nitrogens with zero attached hydrogens (tertiary/aromatic N) is 3. The summed E-state index contributed by atoms with van der Waals surface area (Å²) < 4.78 is 0. The van der Waals surface area contributed by atoms with E-state index < -0.39 is 49.0 Å². The Labute approximate surface area is 224 Å². The van der Waals surface area contributed by atoms with Gasteiger partial charge in [-0.25, -0.2) is 0 Å². The van der Waals surface area contributed by atoms with Crippen molar-refractivity contribution in [1.82, 2.24) is 9.80 Å². The van der Waals surface area contributed by atoms with Crippen molar-refractivity contribution < 1.29 is 49.5 Å². The maximum absolute atomic E-state index is 11.4. The average Bonchev–Trinajstić information content (AvgIpc) is 2.81. The molecule has 0 aromatic heterocycles. The molecule has 0 bridgehead atoms. The number of hydrogen-bond acceptors (Lipinski definition) is 9. The van der Waals surface area contributed by atoms with E-state index in [1.165, 1.54) is 4.90 Å². The molecule has 2 unspecified atom stereocenters. The van der Waals surface area contributed by atoms with Gasteiger partial charge in [0.25, 0.3) is 0 Å². The molecule has 0 spiro atoms. The van der Waals surface area contributed by atoms with E-state index in [0.717, 1.165) is 17.3 Å². The molecule has 0 saturated carbocycles. The Kier molecular flexibility index (Phi) is 16.8. The summed E-state index contributed by atoms with van der Waals surface area (Å²) in [5, 5.41) is 55.1. The normalized spacial score (nSPS) is 12.1. The van der Waals surface area contributed by atoms with Gasteiger partial charge in [0, 0.05) is 36.9 Å². The second-order valence-corrected chi connectivity index (χ2v) is 9.13. The van der Waals surface area contributed by atoms with E-state index in [0.29, 0.717) is 4.90 Å². The molecular weight excluding hydrogens is 522 g/mol. The summed E-state index contributed by atoms with van der Waals surface area (Å²) in [5.74, 6) is -5.62. The monoisotopic (exact) mass is 555 g/mol. The molecule has 13 nitrogen and oxygen atoms in total. The lowest BCUT2D eigenvalue weighted by Gasteiger charge is -2.33. The Hall–Kier alpha value is -3.67. The SMILES string of the molecule is CC(CN(CC(=O)O)CC(CCC(=O)O)c1ccc(SC#N)cc1)N(CC(=O)O)CC(=O)O.CCC(=O)O. The van der Waals surface area contributed by atoms with Crippen molar-refractivity contribution >= 4 is 41.6 Å². The molecule has 0 aliphatic rings. The lowest BCUT2D eigenvalue weighted by molar-refractivity contribution is -0.144. The van der Waals surface area contributed by atoms with Gasteiger partial charge in [-0.15, -0.1) is 0 Å². The second kappa shape index (κ2) is 18.6. The zero-order valence-electron chi connectivity index (χ0n) is 21.1. The van der Waals surface area contributed by atoms with E-state index >= 15 is 0 Å². The van der Waals surface area contributed by atoms with Gasteiger partial charge in [-0.1, -0.05) is 19.1 Å². The van der Waals surface area contributed by atoms with Gasteiger partial charge < -0.3 is 25.5 Å². The van der Waals surface area contributed by atoms with E-state index in [-0.39, 0.29) is 44.8 Å². The summed E-state index contributed by atoms with van der Waals surface area (Å²) in [5.41, 5.74) is 0.773. The Morgan fingerprint density at radius 2 is 1.34 bits per heavy atom. The first-order valence-electron chi connectivity index (χ1n) is 11.5. The summed E-state index contributed by atoms with van der Waals surface area (Å²) >= 11 is 0.979. The van der Waals surface area contributed by atoms with Gasteiger partial charge in [-0.3, -0.25) is 33.8 Å². The van der Waals surface area contributed by atoms with Crippen LogP contribution in [0.15, 0.2) is 29.2 Å². The minimum absolute atomic E-state index is 0.0683. The van der Waals surface area contributed by atoms with Crippen LogP contribution in [0, 0.1) is 10.7 Å². The largest absolute Gasteiger partial charge is 0.481 e. The Bertz CT molecular complexity index is 965. The smallest absolute Gasteiger partial charge is 0.317 e. The van der Waals surface area contributed by atoms with Crippen LogP contribution in [-0.4, -0.2) is 104 Å². The molecule has 0 aliphatic heterocycles. The molecule has 0 saturated heterocycles. The topological polar surface area (TPSA) is 217 Å². The van der Waals surface area contributed by atoms with Gasteiger partial charge in [0.15, 0.2) is 0 Å². The highest BCUT2D eigenvalue weighted by Crippen LogP contribution is 2.26. The van der Waals surface area contributed by atoms with Gasteiger partial charge in [-0.2, -0.15) is 5.26 Å². The Balaban J connectivity index is 0.00000249. The number of carboxylic acids is 5. The van der Waals surface area contributed by atoms with Gasteiger partial charge in [0.2, 0.25) is 0 Å². The van der Waals surface area contributed by atoms with E-state index in [1.54, 1.807) is 43.0 Å². The first-order chi connectivity index (χ1) is 17.8. The molecule has 1 aromatic carbocycles. The molecule has 14 heteroatoms. The number of rotatable bonds is 17. The van der Waals surface area contributed by atoms with Crippen LogP contribution in [0.2, 0.25) is 0 Å². The first-order valence-corrected chi connectivity index (χ1v) is 12.3. The van der Waals surface area contributed by atoms with Crippen LogP contribution >= 0.6 is 11.8 Å². The van der Waals surface area contributed by atoms with Gasteiger partial charge in [-0.05, 0) is 48.7 Å². The van der Waals surface area contributed by atoms with E-state index in [1.807, 2.05) is 5.40 Å². The molecule has 0 fully saturated rings. The third-order valence-corrected chi connectivity index (χ3v) is 5.78. The fourth-order valence-electron chi connectivity index (χ4n) is 3.43. The maximum Gasteiger partial charge on any atom is 0.317 e. The van der Waals surface area contributed by atoms with Crippen molar-refractivity contribution in [1.29, 1.82) is 5.26 Å². The molecule has 38 heavy (non-hydrogen) atoms. The minimum atomic E-state index is -1.21. The number of aliphatic carboxylic acids is 5. The number of benzene rings is 1. The van der Waals surface area contributed by atoms with Crippen molar-refractivity contribution in [2.45, 2.75) is 50.0 Å². The van der Waals surface area contributed by atoms with Gasteiger partial charge >= 0.3 is 29.8 Å². The zero-order chi connectivity index (χ0) is 29.3. The minimum Gasteiger partial charge on any atom is -0.481 e. The molecule has 1 aromatic rings. The third kappa shape index (κ3) is 16.1. The highest BCUT2D eigenvalue weighted by atomic mass is 32.2. The maximum atomic E-state index is 11.4. The van der Waals surface area contributed by atoms with Crippen LogP contribution in [0.4, 0.5) is 0 Å². The lowest BCUT2D eigenvalue weighted by Crippen LogP contribution is -2.48. The Morgan fingerprint density at radius 1 is 0.842 bits per heavy atom. The summed E-state index contributed by atoms with van der Waals surface area (Å²) in [4.78, 5) is 57.7. The molecule has 0 radical (unpaired) electrons. The van der Waals surface area contributed by atoms with E-state index in [4.69, 9.17) is 25.7 Å². The second-order valence-electron chi connectivity index (χ2n) is 8.27. The quantitative estimate of drug-likeness (QED) is 0.137. The predicted molar refractivity (Wildman–Crippen MR) is 136 cm³/mol. The summed E-state index contributed by atoms with van der Waals surface area (Å²) in [6.07, 6.45) is 0.318. The van der Waals surface area contributed by atoms with E-state index in [9.17, 15) is 29.1 Å². The van der Waals surface area contributed by atoms with Crippen LogP contribution in [0.3, 0.4) is 0 Å². The third-order valence-electron chi connectivity index (χ3n) is 5.18. The number of thioether (sulfide) groups is 1. The highest BCUT2D eigenvalue weighted by molar-refractivity contribution is 8.03. The number of hydrogen-bond donors (Lipinski definition) is 5. The predicted octanol–water partition coefficient (Wildman–Crippen LogP) is 1.94. The van der Waals surface area contributed by atoms with Gasteiger partial charge in [0.05, 0.1) is 19.6 Å². The standard InChI is InChI=1S/C21H27N3O8S.C3H6O2/c1-14(24(11-20(29)30)12-21(31)32)8-23(10-19(27)28)9-16(4-7-18(25)26)15-2-5-17(6-3-15)33-13-22;1-2-3(4)5/h2-3,5-6,14,16H,4,7-12H2,1H3,(H,25,26)(H,27,28)(H,29,30)(H,31,32);2H2,1H3,(H,4,5). The fourth-order valence-corrected chi connectivity index (χ4v) is 3.81. The number of carboxylic acid groups (broad SMARTS) is 5. The lowest BCUT2D eigenvalue weighted by atomic mass is 9.93. The number of carbonyl (C=O) groups is 5. The van der Waals surface area contributed by atoms with Gasteiger partial charge in [0.1, 0.15) is 5.40 Å². The Morgan fingerprint density at radius 3 is 1.74 bits per heavy atom. The molecule has 2 atom stereocenters. The molecule has 0 aliphatic carbocycles. The number of nitriles is 1. The first kappa shape index (κ1) is 34.3. The van der Waals surface area contributed by atoms with Crippen LogP contribution < -0.4 is 0 Å². The summed E-state index contributed by atoms with van der Waals surface area (Å²) in [6, 6.07) is 6.38. The van der Waals surface area contributed by atoms with Crippen LogP contribution in [0.25, 0.3) is 0 Å². The highest BCUT2D eigenvalue weighted by Gasteiger charge is 2.25.